The number of nitrogens with one attached hydrogen (secondary N) is 1. The molecule has 0 radical (unpaired) electrons. The third-order valence-corrected chi connectivity index (χ3v) is 3.81. The van der Waals surface area contributed by atoms with E-state index < -0.39 is 0 Å². The van der Waals surface area contributed by atoms with E-state index in [1.54, 1.807) is 0 Å². The molecule has 1 heterocycles. The number of nitrogens with zero attached hydrogens (tertiary/aromatic N) is 3. The Kier molecular flexibility index (Phi) is 8.54. The average Bonchev–Trinajstić information content (AvgIpc) is 2.92. The monoisotopic (exact) mass is 280 g/mol. The summed E-state index contributed by atoms with van der Waals surface area (Å²) in [5.74, 6) is 0. The lowest BCUT2D eigenvalue weighted by molar-refractivity contribution is 0.278. The highest BCUT2D eigenvalue weighted by atomic mass is 15.3. The van der Waals surface area contributed by atoms with Crippen LogP contribution < -0.4 is 5.32 Å². The molecule has 1 rings (SSSR count). The van der Waals surface area contributed by atoms with Gasteiger partial charge in [-0.05, 0) is 51.5 Å². The lowest BCUT2D eigenvalue weighted by atomic mass is 10.1. The molecule has 0 aliphatic rings. The number of aryl methyl sites for hydroxylation is 1. The van der Waals surface area contributed by atoms with Crippen molar-refractivity contribution in [1.82, 2.24) is 20.0 Å². The molecule has 116 valence electrons. The van der Waals surface area contributed by atoms with Crippen LogP contribution in [0, 0.1) is 0 Å². The molecule has 0 saturated heterocycles. The van der Waals surface area contributed by atoms with Gasteiger partial charge in [0, 0.05) is 12.7 Å². The van der Waals surface area contributed by atoms with E-state index in [0.29, 0.717) is 6.04 Å². The van der Waals surface area contributed by atoms with Crippen molar-refractivity contribution in [3.05, 3.63) is 18.0 Å². The predicted molar refractivity (Wildman–Crippen MR) is 86.0 cm³/mol. The second kappa shape index (κ2) is 9.94. The predicted octanol–water partition coefficient (Wildman–Crippen LogP) is 3.07. The minimum absolute atomic E-state index is 0.421. The van der Waals surface area contributed by atoms with Crippen LogP contribution in [0.2, 0.25) is 0 Å². The maximum absolute atomic E-state index is 4.47. The van der Waals surface area contributed by atoms with Crippen molar-refractivity contribution in [2.24, 2.45) is 0 Å². The van der Waals surface area contributed by atoms with Crippen molar-refractivity contribution in [2.75, 3.05) is 26.2 Å². The summed E-state index contributed by atoms with van der Waals surface area (Å²) in [6, 6.07) is 2.59. The van der Waals surface area contributed by atoms with Crippen molar-refractivity contribution >= 4 is 0 Å². The summed E-state index contributed by atoms with van der Waals surface area (Å²) in [5.41, 5.74) is 1.34. The summed E-state index contributed by atoms with van der Waals surface area (Å²) in [5, 5.41) is 8.15. The zero-order valence-electron chi connectivity index (χ0n) is 13.7. The summed E-state index contributed by atoms with van der Waals surface area (Å²) < 4.78 is 2.16. The van der Waals surface area contributed by atoms with E-state index in [0.717, 1.165) is 45.6 Å². The summed E-state index contributed by atoms with van der Waals surface area (Å²) in [7, 11) is 0. The van der Waals surface area contributed by atoms with Crippen molar-refractivity contribution in [3.63, 3.8) is 0 Å². The Morgan fingerprint density at radius 3 is 2.55 bits per heavy atom. The lowest BCUT2D eigenvalue weighted by Gasteiger charge is -2.24. The summed E-state index contributed by atoms with van der Waals surface area (Å²) in [6.07, 6.45) is 5.38. The van der Waals surface area contributed by atoms with Gasteiger partial charge in [0.25, 0.3) is 0 Å². The number of aromatic nitrogens is 2. The average molecular weight is 280 g/mol. The fourth-order valence-corrected chi connectivity index (χ4v) is 2.56. The van der Waals surface area contributed by atoms with Gasteiger partial charge in [-0.3, -0.25) is 4.68 Å². The van der Waals surface area contributed by atoms with Crippen LogP contribution in [-0.4, -0.2) is 40.9 Å². The van der Waals surface area contributed by atoms with E-state index in [-0.39, 0.29) is 0 Å². The molecule has 0 amide bonds. The topological polar surface area (TPSA) is 33.1 Å². The first-order chi connectivity index (χ1) is 9.76. The first-order valence-electron chi connectivity index (χ1n) is 8.24. The molecule has 4 heteroatoms. The maximum Gasteiger partial charge on any atom is 0.0554 e. The molecule has 1 aromatic rings. The molecule has 1 atom stereocenters. The molecule has 1 aromatic heterocycles. The number of hydrogen-bond acceptors (Lipinski definition) is 3. The SMILES string of the molecule is CCCNC(CCN(CC)CC)c1ccnn1CCC. The van der Waals surface area contributed by atoms with Gasteiger partial charge in [-0.1, -0.05) is 27.7 Å². The Morgan fingerprint density at radius 1 is 1.20 bits per heavy atom. The van der Waals surface area contributed by atoms with E-state index in [1.165, 1.54) is 12.1 Å². The molecule has 1 unspecified atom stereocenters. The van der Waals surface area contributed by atoms with Crippen LogP contribution in [0.4, 0.5) is 0 Å². The molecule has 0 spiro atoms. The molecule has 0 aliphatic carbocycles. The van der Waals surface area contributed by atoms with Crippen LogP contribution in [0.3, 0.4) is 0 Å². The summed E-state index contributed by atoms with van der Waals surface area (Å²) >= 11 is 0. The Morgan fingerprint density at radius 2 is 1.95 bits per heavy atom. The molecule has 0 saturated carbocycles. The van der Waals surface area contributed by atoms with Gasteiger partial charge in [0.1, 0.15) is 0 Å². The normalized spacial score (nSPS) is 13.1. The minimum atomic E-state index is 0.421. The quantitative estimate of drug-likeness (QED) is 0.676. The Bertz CT molecular complexity index is 344. The van der Waals surface area contributed by atoms with Crippen LogP contribution in [0.15, 0.2) is 12.3 Å². The van der Waals surface area contributed by atoms with E-state index >= 15 is 0 Å². The van der Waals surface area contributed by atoms with Crippen LogP contribution in [-0.2, 0) is 6.54 Å². The fraction of sp³-hybridized carbons (Fsp3) is 0.812. The summed E-state index contributed by atoms with van der Waals surface area (Å²) in [4.78, 5) is 2.49. The van der Waals surface area contributed by atoms with Crippen LogP contribution in [0.1, 0.15) is 58.7 Å². The molecule has 0 aromatic carbocycles. The molecule has 4 nitrogen and oxygen atoms in total. The van der Waals surface area contributed by atoms with Gasteiger partial charge in [0.15, 0.2) is 0 Å². The zero-order chi connectivity index (χ0) is 14.8. The third kappa shape index (κ3) is 5.25. The van der Waals surface area contributed by atoms with Gasteiger partial charge < -0.3 is 10.2 Å². The Balaban J connectivity index is 2.69. The van der Waals surface area contributed by atoms with Gasteiger partial charge in [-0.2, -0.15) is 5.10 Å². The number of hydrogen-bond donors (Lipinski definition) is 1. The van der Waals surface area contributed by atoms with Crippen molar-refractivity contribution in [3.8, 4) is 0 Å². The second-order valence-corrected chi connectivity index (χ2v) is 5.30. The van der Waals surface area contributed by atoms with Crippen molar-refractivity contribution in [1.29, 1.82) is 0 Å². The Labute approximate surface area is 124 Å². The van der Waals surface area contributed by atoms with Gasteiger partial charge in [-0.25, -0.2) is 0 Å². The standard InChI is InChI=1S/C16H32N4/c1-5-11-17-15(10-14-19(7-3)8-4)16-9-12-18-20(16)13-6-2/h9,12,15,17H,5-8,10-11,13-14H2,1-4H3. The highest BCUT2D eigenvalue weighted by molar-refractivity contribution is 5.07. The molecule has 0 aliphatic heterocycles. The smallest absolute Gasteiger partial charge is 0.0554 e. The van der Waals surface area contributed by atoms with E-state index in [9.17, 15) is 0 Å². The molecule has 0 bridgehead atoms. The minimum Gasteiger partial charge on any atom is -0.309 e. The van der Waals surface area contributed by atoms with Gasteiger partial charge in [0.2, 0.25) is 0 Å². The Hall–Kier alpha value is -0.870. The highest BCUT2D eigenvalue weighted by Crippen LogP contribution is 2.17. The van der Waals surface area contributed by atoms with Gasteiger partial charge >= 0.3 is 0 Å². The van der Waals surface area contributed by atoms with Crippen molar-refractivity contribution in [2.45, 2.75) is 59.5 Å². The number of rotatable bonds is 11. The molecular formula is C16H32N4. The largest absolute Gasteiger partial charge is 0.309 e. The van der Waals surface area contributed by atoms with Gasteiger partial charge in [-0.15, -0.1) is 0 Å². The van der Waals surface area contributed by atoms with Gasteiger partial charge in [0.05, 0.1) is 11.7 Å². The zero-order valence-corrected chi connectivity index (χ0v) is 13.7. The fourth-order valence-electron chi connectivity index (χ4n) is 2.56. The van der Waals surface area contributed by atoms with E-state index in [4.69, 9.17) is 0 Å². The third-order valence-electron chi connectivity index (χ3n) is 3.81. The molecule has 1 N–H and O–H groups in total. The molecular weight excluding hydrogens is 248 g/mol. The molecule has 20 heavy (non-hydrogen) atoms. The van der Waals surface area contributed by atoms with E-state index in [1.807, 2.05) is 6.20 Å². The van der Waals surface area contributed by atoms with Crippen LogP contribution in [0.25, 0.3) is 0 Å². The lowest BCUT2D eigenvalue weighted by Crippen LogP contribution is -2.31. The first kappa shape index (κ1) is 17.2. The second-order valence-electron chi connectivity index (χ2n) is 5.30. The molecule has 0 fully saturated rings. The van der Waals surface area contributed by atoms with Crippen LogP contribution >= 0.6 is 0 Å². The summed E-state index contributed by atoms with van der Waals surface area (Å²) in [6.45, 7) is 14.4. The first-order valence-corrected chi connectivity index (χ1v) is 8.24. The van der Waals surface area contributed by atoms with E-state index in [2.05, 4.69) is 53.8 Å². The highest BCUT2D eigenvalue weighted by Gasteiger charge is 2.16. The van der Waals surface area contributed by atoms with Crippen LogP contribution in [0.5, 0.6) is 0 Å². The maximum atomic E-state index is 4.47. The van der Waals surface area contributed by atoms with Crippen molar-refractivity contribution < 1.29 is 0 Å².